The zero-order chi connectivity index (χ0) is 21.8. The minimum Gasteiger partial charge on any atom is -0.352 e. The van der Waals surface area contributed by atoms with Crippen LogP contribution in [0.4, 0.5) is 13.2 Å². The normalized spacial score (nSPS) is 19.5. The lowest BCUT2D eigenvalue weighted by molar-refractivity contribution is -0.183. The van der Waals surface area contributed by atoms with Gasteiger partial charge in [-0.3, -0.25) is 9.69 Å². The predicted molar refractivity (Wildman–Crippen MR) is 108 cm³/mol. The van der Waals surface area contributed by atoms with Gasteiger partial charge in [0.05, 0.1) is 17.5 Å². The first kappa shape index (κ1) is 21.0. The third-order valence-electron chi connectivity index (χ3n) is 5.49. The summed E-state index contributed by atoms with van der Waals surface area (Å²) in [7, 11) is 0. The number of benzene rings is 2. The molecule has 0 unspecified atom stereocenters. The monoisotopic (exact) mass is 429 g/mol. The number of nitrogens with zero attached hydrogens (tertiary/aromatic N) is 4. The van der Waals surface area contributed by atoms with Gasteiger partial charge in [-0.05, 0) is 23.3 Å². The Labute approximate surface area is 177 Å². The number of likely N-dealkylation sites (tertiary alicyclic amines) is 1. The quantitative estimate of drug-likeness (QED) is 0.654. The Bertz CT molecular complexity index is 990. The van der Waals surface area contributed by atoms with Crippen LogP contribution in [0.3, 0.4) is 0 Å². The van der Waals surface area contributed by atoms with Gasteiger partial charge in [-0.2, -0.15) is 18.3 Å². The SMILES string of the molecule is O=C(NCc1ccc(-n2cncn2)cc1)[C@H]1CN(Cc2ccccc2)C[C@H]1C(F)(F)F. The van der Waals surface area contributed by atoms with Crippen LogP contribution in [0.1, 0.15) is 11.1 Å². The van der Waals surface area contributed by atoms with Crippen molar-refractivity contribution in [2.45, 2.75) is 19.3 Å². The van der Waals surface area contributed by atoms with E-state index in [1.165, 1.54) is 6.33 Å². The lowest BCUT2D eigenvalue weighted by Crippen LogP contribution is -2.39. The Morgan fingerprint density at radius 1 is 1.03 bits per heavy atom. The molecule has 1 N–H and O–H groups in total. The fraction of sp³-hybridized carbons (Fsp3) is 0.318. The molecule has 2 heterocycles. The highest BCUT2D eigenvalue weighted by Crippen LogP contribution is 2.38. The van der Waals surface area contributed by atoms with E-state index in [9.17, 15) is 18.0 Å². The van der Waals surface area contributed by atoms with E-state index < -0.39 is 23.9 Å². The summed E-state index contributed by atoms with van der Waals surface area (Å²) in [6.07, 6.45) is -1.43. The van der Waals surface area contributed by atoms with Crippen molar-refractivity contribution in [2.75, 3.05) is 13.1 Å². The number of aromatic nitrogens is 3. The van der Waals surface area contributed by atoms with E-state index in [4.69, 9.17) is 0 Å². The van der Waals surface area contributed by atoms with Gasteiger partial charge >= 0.3 is 6.18 Å². The van der Waals surface area contributed by atoms with Gasteiger partial charge in [0.25, 0.3) is 0 Å². The molecular formula is C22H22F3N5O. The fourth-order valence-corrected chi connectivity index (χ4v) is 3.88. The second-order valence-electron chi connectivity index (χ2n) is 7.66. The van der Waals surface area contributed by atoms with Gasteiger partial charge in [0, 0.05) is 26.2 Å². The molecule has 1 fully saturated rings. The average molecular weight is 429 g/mol. The Morgan fingerprint density at radius 2 is 1.77 bits per heavy atom. The maximum Gasteiger partial charge on any atom is 0.393 e. The Hall–Kier alpha value is -3.20. The third-order valence-corrected chi connectivity index (χ3v) is 5.49. The standard InChI is InChI=1S/C22H22F3N5O/c23-22(24,25)20-13-29(11-17-4-2-1-3-5-17)12-19(20)21(31)27-10-16-6-8-18(9-7-16)30-15-26-14-28-30/h1-9,14-15,19-20H,10-13H2,(H,27,31)/t19-,20+/m0/s1. The van der Waals surface area contributed by atoms with E-state index in [1.807, 2.05) is 42.5 Å². The van der Waals surface area contributed by atoms with E-state index in [1.54, 1.807) is 28.0 Å². The molecule has 1 saturated heterocycles. The molecular weight excluding hydrogens is 407 g/mol. The molecule has 31 heavy (non-hydrogen) atoms. The molecule has 0 radical (unpaired) electrons. The molecule has 162 valence electrons. The molecule has 1 aromatic heterocycles. The van der Waals surface area contributed by atoms with Crippen LogP contribution in [0.25, 0.3) is 5.69 Å². The first-order valence-electron chi connectivity index (χ1n) is 9.95. The van der Waals surface area contributed by atoms with Crippen LogP contribution in [0.5, 0.6) is 0 Å². The summed E-state index contributed by atoms with van der Waals surface area (Å²) >= 11 is 0. The van der Waals surface area contributed by atoms with Crippen LogP contribution < -0.4 is 5.32 Å². The molecule has 2 aromatic carbocycles. The first-order valence-corrected chi connectivity index (χ1v) is 9.95. The average Bonchev–Trinajstić information content (AvgIpc) is 3.43. The molecule has 0 bridgehead atoms. The zero-order valence-electron chi connectivity index (χ0n) is 16.7. The van der Waals surface area contributed by atoms with Gasteiger partial charge in [-0.1, -0.05) is 42.5 Å². The van der Waals surface area contributed by atoms with Gasteiger partial charge in [0.15, 0.2) is 0 Å². The molecule has 1 amide bonds. The first-order chi connectivity index (χ1) is 14.9. The summed E-state index contributed by atoms with van der Waals surface area (Å²) in [6, 6.07) is 16.5. The molecule has 1 aliphatic rings. The molecule has 0 aliphatic carbocycles. The van der Waals surface area contributed by atoms with E-state index in [-0.39, 0.29) is 19.6 Å². The van der Waals surface area contributed by atoms with Crippen molar-refractivity contribution in [1.29, 1.82) is 0 Å². The smallest absolute Gasteiger partial charge is 0.352 e. The molecule has 1 aliphatic heterocycles. The number of hydrogen-bond acceptors (Lipinski definition) is 4. The number of carbonyl (C=O) groups is 1. The third kappa shape index (κ3) is 5.11. The van der Waals surface area contributed by atoms with Crippen LogP contribution in [-0.4, -0.2) is 44.8 Å². The topological polar surface area (TPSA) is 63.1 Å². The van der Waals surface area contributed by atoms with Gasteiger partial charge in [0.1, 0.15) is 12.7 Å². The Kier molecular flexibility index (Phi) is 6.03. The number of amides is 1. The number of alkyl halides is 3. The van der Waals surface area contributed by atoms with Gasteiger partial charge in [-0.25, -0.2) is 9.67 Å². The van der Waals surface area contributed by atoms with Crippen LogP contribution in [0.2, 0.25) is 0 Å². The lowest BCUT2D eigenvalue weighted by Gasteiger charge is -2.20. The predicted octanol–water partition coefficient (Wildman–Crippen LogP) is 3.19. The largest absolute Gasteiger partial charge is 0.393 e. The maximum atomic E-state index is 13.6. The van der Waals surface area contributed by atoms with E-state index >= 15 is 0 Å². The van der Waals surface area contributed by atoms with Crippen molar-refractivity contribution < 1.29 is 18.0 Å². The summed E-state index contributed by atoms with van der Waals surface area (Å²) < 4.78 is 42.4. The van der Waals surface area contributed by atoms with Crippen LogP contribution in [0, 0.1) is 11.8 Å². The van der Waals surface area contributed by atoms with E-state index in [0.717, 1.165) is 16.8 Å². The van der Waals surface area contributed by atoms with Crippen molar-refractivity contribution in [2.24, 2.45) is 11.8 Å². The minimum atomic E-state index is -4.42. The lowest BCUT2D eigenvalue weighted by atomic mass is 9.94. The van der Waals surface area contributed by atoms with Crippen molar-refractivity contribution >= 4 is 5.91 Å². The number of halogens is 3. The molecule has 4 rings (SSSR count). The molecule has 0 spiro atoms. The Balaban J connectivity index is 1.38. The van der Waals surface area contributed by atoms with Gasteiger partial charge in [0.2, 0.25) is 5.91 Å². The van der Waals surface area contributed by atoms with Crippen molar-refractivity contribution in [3.63, 3.8) is 0 Å². The summed E-state index contributed by atoms with van der Waals surface area (Å²) in [6.45, 7) is 0.455. The highest BCUT2D eigenvalue weighted by Gasteiger charge is 2.52. The van der Waals surface area contributed by atoms with Crippen molar-refractivity contribution in [3.05, 3.63) is 78.4 Å². The second-order valence-corrected chi connectivity index (χ2v) is 7.66. The highest BCUT2D eigenvalue weighted by atomic mass is 19.4. The van der Waals surface area contributed by atoms with Crippen LogP contribution >= 0.6 is 0 Å². The van der Waals surface area contributed by atoms with Crippen LogP contribution in [-0.2, 0) is 17.9 Å². The molecule has 9 heteroatoms. The summed E-state index contributed by atoms with van der Waals surface area (Å²) in [5.41, 5.74) is 2.52. The van der Waals surface area contributed by atoms with Gasteiger partial charge < -0.3 is 5.32 Å². The van der Waals surface area contributed by atoms with Crippen molar-refractivity contribution in [3.8, 4) is 5.69 Å². The zero-order valence-corrected chi connectivity index (χ0v) is 16.7. The number of rotatable bonds is 6. The van der Waals surface area contributed by atoms with E-state index in [0.29, 0.717) is 6.54 Å². The summed E-state index contributed by atoms with van der Waals surface area (Å²) in [5, 5.41) is 6.72. The van der Waals surface area contributed by atoms with Crippen LogP contribution in [0.15, 0.2) is 67.3 Å². The van der Waals surface area contributed by atoms with E-state index in [2.05, 4.69) is 15.4 Å². The molecule has 3 aromatic rings. The maximum absolute atomic E-state index is 13.6. The molecule has 2 atom stereocenters. The Morgan fingerprint density at radius 3 is 2.42 bits per heavy atom. The number of hydrogen-bond donors (Lipinski definition) is 1. The summed E-state index contributed by atoms with van der Waals surface area (Å²) in [4.78, 5) is 18.2. The fourth-order valence-electron chi connectivity index (χ4n) is 3.88. The number of carbonyl (C=O) groups excluding carboxylic acids is 1. The highest BCUT2D eigenvalue weighted by molar-refractivity contribution is 5.79. The summed E-state index contributed by atoms with van der Waals surface area (Å²) in [5.74, 6) is -3.37. The number of nitrogens with one attached hydrogen (secondary N) is 1. The molecule has 0 saturated carbocycles. The van der Waals surface area contributed by atoms with Crippen molar-refractivity contribution in [1.82, 2.24) is 25.0 Å². The van der Waals surface area contributed by atoms with Gasteiger partial charge in [-0.15, -0.1) is 0 Å². The molecule has 6 nitrogen and oxygen atoms in total. The minimum absolute atomic E-state index is 0.0795. The second kappa shape index (κ2) is 8.89.